The van der Waals surface area contributed by atoms with E-state index in [4.69, 9.17) is 4.74 Å². The highest BCUT2D eigenvalue weighted by Gasteiger charge is 2.61. The lowest BCUT2D eigenvalue weighted by atomic mass is 9.60. The zero-order valence-electron chi connectivity index (χ0n) is 39.5. The Labute approximate surface area is 415 Å². The van der Waals surface area contributed by atoms with Crippen molar-refractivity contribution in [3.05, 3.63) is 113 Å². The van der Waals surface area contributed by atoms with E-state index in [0.29, 0.717) is 117 Å². The van der Waals surface area contributed by atoms with Crippen LogP contribution in [0.3, 0.4) is 0 Å². The number of carbonyl (C=O) groups is 4. The summed E-state index contributed by atoms with van der Waals surface area (Å²) in [6, 6.07) is 22.6. The summed E-state index contributed by atoms with van der Waals surface area (Å²) in [5, 5.41) is 11.0. The molecule has 4 saturated heterocycles. The number of halogens is 4. The van der Waals surface area contributed by atoms with E-state index in [1.54, 1.807) is 34.1 Å². The fourth-order valence-corrected chi connectivity index (χ4v) is 13.1. The third kappa shape index (κ3) is 8.75. The molecule has 6 fully saturated rings. The third-order valence-corrected chi connectivity index (χ3v) is 16.8. The van der Waals surface area contributed by atoms with E-state index >= 15 is 0 Å². The summed E-state index contributed by atoms with van der Waals surface area (Å²) in [7, 11) is -4.00. The highest BCUT2D eigenvalue weighted by molar-refractivity contribution is 7.90. The van der Waals surface area contributed by atoms with E-state index in [-0.39, 0.29) is 46.2 Å². The Morgan fingerprint density at radius 3 is 1.75 bits per heavy atom. The fraction of sp³-hybridized carbons (Fsp3) is 0.412. The molecular formula is C51H49F4N9O8S. The van der Waals surface area contributed by atoms with E-state index in [1.807, 2.05) is 59.2 Å². The quantitative estimate of drug-likeness (QED) is 0.175. The van der Waals surface area contributed by atoms with Crippen LogP contribution in [0.4, 0.5) is 17.6 Å². The molecule has 0 bridgehead atoms. The second-order valence-electron chi connectivity index (χ2n) is 19.8. The zero-order chi connectivity index (χ0) is 51.1. The number of rotatable bonds is 9. The predicted octanol–water partition coefficient (Wildman–Crippen LogP) is 5.65. The van der Waals surface area contributed by atoms with E-state index in [1.165, 1.54) is 6.07 Å². The minimum absolute atomic E-state index is 0.00298. The summed E-state index contributed by atoms with van der Waals surface area (Å²) in [6.45, 7) is 5.37. The van der Waals surface area contributed by atoms with Crippen molar-refractivity contribution >= 4 is 55.4 Å². The number of hydrogen-bond donors (Lipinski definition) is 1. The number of carbonyl (C=O) groups excluding carboxylic acids is 4. The van der Waals surface area contributed by atoms with Crippen molar-refractivity contribution in [3.8, 4) is 11.6 Å². The van der Waals surface area contributed by atoms with Crippen molar-refractivity contribution < 1.29 is 54.6 Å². The van der Waals surface area contributed by atoms with E-state index in [2.05, 4.69) is 30.1 Å². The summed E-state index contributed by atoms with van der Waals surface area (Å²) in [6.07, 6.45) is -2.80. The Morgan fingerprint density at radius 2 is 1.19 bits per heavy atom. The maximum Gasteiger partial charge on any atom is 0.422 e. The van der Waals surface area contributed by atoms with Gasteiger partial charge in [0.05, 0.1) is 23.3 Å². The Bertz CT molecular complexity index is 3270. The fourth-order valence-electron chi connectivity index (χ4n) is 12.3. The number of para-hydroxylation sites is 1. The number of sulfone groups is 1. The number of likely N-dealkylation sites (tertiary alicyclic amines) is 4. The molecule has 17 nitrogen and oxygen atoms in total. The minimum Gasteiger partial charge on any atom is -0.493 e. The molecule has 2 aliphatic carbocycles. The number of pyridine rings is 2. The van der Waals surface area contributed by atoms with Crippen LogP contribution in [0.25, 0.3) is 21.9 Å². The second kappa shape index (κ2) is 18.4. The molecule has 3 aromatic carbocycles. The van der Waals surface area contributed by atoms with Crippen LogP contribution in [-0.4, -0.2) is 155 Å². The Hall–Kier alpha value is -7.23. The van der Waals surface area contributed by atoms with Crippen LogP contribution in [0.1, 0.15) is 48.5 Å². The van der Waals surface area contributed by atoms with Crippen molar-refractivity contribution in [1.82, 2.24) is 45.0 Å². The lowest BCUT2D eigenvalue weighted by molar-refractivity contribution is -0.154. The second-order valence-corrected chi connectivity index (χ2v) is 21.8. The van der Waals surface area contributed by atoms with Gasteiger partial charge in [-0.3, -0.25) is 19.2 Å². The number of fused-ring (bicyclic) bond motifs is 10. The molecule has 1 N–H and O–H groups in total. The normalized spacial score (nSPS) is 24.7. The molecule has 3 aromatic heterocycles. The molecule has 0 radical (unpaired) electrons. The van der Waals surface area contributed by atoms with E-state index in [0.717, 1.165) is 29.4 Å². The average Bonchev–Trinajstić information content (AvgIpc) is 4.23. The number of nitrogens with one attached hydrogen (secondary N) is 1. The first-order valence-electron chi connectivity index (χ1n) is 24.1. The maximum absolute atomic E-state index is 14.9. The summed E-state index contributed by atoms with van der Waals surface area (Å²) >= 11 is 0. The lowest BCUT2D eigenvalue weighted by Crippen LogP contribution is -2.44. The van der Waals surface area contributed by atoms with Gasteiger partial charge in [0.25, 0.3) is 23.6 Å². The number of alkyl halides is 3. The summed E-state index contributed by atoms with van der Waals surface area (Å²) in [4.78, 5) is 67.5. The molecule has 4 amide bonds. The van der Waals surface area contributed by atoms with Gasteiger partial charge in [0.15, 0.2) is 22.3 Å². The highest BCUT2D eigenvalue weighted by atomic mass is 32.2. The predicted molar refractivity (Wildman–Crippen MR) is 254 cm³/mol. The minimum atomic E-state index is -4.67. The number of aromatic nitrogens is 5. The topological polar surface area (TPSA) is 201 Å². The van der Waals surface area contributed by atoms with Gasteiger partial charge in [-0.2, -0.15) is 28.6 Å². The van der Waals surface area contributed by atoms with Gasteiger partial charge in [0.1, 0.15) is 27.4 Å². The van der Waals surface area contributed by atoms with E-state index < -0.39 is 45.1 Å². The van der Waals surface area contributed by atoms with Crippen LogP contribution in [0, 0.1) is 53.2 Å². The van der Waals surface area contributed by atoms with Gasteiger partial charge >= 0.3 is 6.18 Å². The Balaban J connectivity index is 0.000000157. The molecule has 12 rings (SSSR count). The van der Waals surface area contributed by atoms with Crippen LogP contribution in [0.5, 0.6) is 11.6 Å². The molecule has 6 aliphatic rings. The first kappa shape index (κ1) is 48.1. The molecule has 22 heteroatoms. The molecule has 8 atom stereocenters. The van der Waals surface area contributed by atoms with Gasteiger partial charge < -0.3 is 29.1 Å². The molecule has 2 saturated carbocycles. The number of hydrogen-bond acceptors (Lipinski definition) is 12. The number of benzene rings is 3. The molecule has 7 heterocycles. The number of ether oxygens (including phenoxy) is 2. The molecule has 0 spiro atoms. The van der Waals surface area contributed by atoms with Crippen LogP contribution in [-0.2, 0) is 9.84 Å². The molecular weight excluding hydrogens is 975 g/mol. The van der Waals surface area contributed by atoms with Crippen molar-refractivity contribution in [2.75, 3.05) is 71.8 Å². The van der Waals surface area contributed by atoms with Gasteiger partial charge in [-0.25, -0.2) is 22.8 Å². The van der Waals surface area contributed by atoms with Gasteiger partial charge in [-0.15, -0.1) is 0 Å². The third-order valence-electron chi connectivity index (χ3n) is 15.7. The standard InChI is InChI=1S/C27H25FN6O3.C24H24F3N3O5S/c1-2-37-23-9-22(29-20-6-4-3-5-14(20)23)27(36)34-12-18-16-10-33(11-17(16)19(18)13-34)26(35)15-7-8-21-25(24(15)28)31-32-30-21;1-36(33,34)20-7-15(8-28-21(20)35-13-24(25,26)27)23(32)30-11-18-16-9-29(10-17(16)19(18)12-30)22(31)14-5-3-2-4-6-14/h3-9,16-19H,2,10-13H2,1H3,(H,30,31,32);2-8,16-19H,9-13H2,1H3/t2*16-,17+,18+,19-. The van der Waals surface area contributed by atoms with Gasteiger partial charge in [0, 0.05) is 81.8 Å². The summed E-state index contributed by atoms with van der Waals surface area (Å²) in [5.74, 6) is 0.878. The van der Waals surface area contributed by atoms with Gasteiger partial charge in [-0.05, 0) is 96.7 Å². The van der Waals surface area contributed by atoms with E-state index in [9.17, 15) is 45.2 Å². The molecule has 6 aromatic rings. The van der Waals surface area contributed by atoms with Crippen LogP contribution >= 0.6 is 0 Å². The molecule has 73 heavy (non-hydrogen) atoms. The smallest absolute Gasteiger partial charge is 0.422 e. The van der Waals surface area contributed by atoms with Gasteiger partial charge in [0.2, 0.25) is 5.88 Å². The zero-order valence-corrected chi connectivity index (χ0v) is 40.4. The average molecular weight is 1020 g/mol. The SMILES string of the molecule is CCOc1cc(C(=O)N2C[C@@H]3[C@H](C2)[C@H]2CN(C(=O)c4ccc5n[nH]nc5c4F)C[C@@H]32)nc2ccccc12.CS(=O)(=O)c1cc(C(=O)N2C[C@@H]3[C@H]4CN(C(=O)c5ccccc5)C[C@H]4[C@@H]3C2)cnc1OCC(F)(F)F. The first-order chi connectivity index (χ1) is 34.9. The Morgan fingerprint density at radius 1 is 0.658 bits per heavy atom. The Kier molecular flexibility index (Phi) is 12.1. The molecule has 0 unspecified atom stereocenters. The largest absolute Gasteiger partial charge is 0.493 e. The summed E-state index contributed by atoms with van der Waals surface area (Å²) in [5.41, 5.74) is 2.25. The highest BCUT2D eigenvalue weighted by Crippen LogP contribution is 2.56. The van der Waals surface area contributed by atoms with Crippen LogP contribution in [0.15, 0.2) is 90.0 Å². The first-order valence-corrected chi connectivity index (χ1v) is 26.0. The van der Waals surface area contributed by atoms with Crippen LogP contribution in [0.2, 0.25) is 0 Å². The molecule has 380 valence electrons. The van der Waals surface area contributed by atoms with Crippen molar-refractivity contribution in [3.63, 3.8) is 0 Å². The monoisotopic (exact) mass is 1020 g/mol. The number of amides is 4. The number of aromatic amines is 1. The van der Waals surface area contributed by atoms with Crippen molar-refractivity contribution in [2.45, 2.75) is 18.0 Å². The summed E-state index contributed by atoms with van der Waals surface area (Å²) < 4.78 is 87.2. The van der Waals surface area contributed by atoms with Gasteiger partial charge in [-0.1, -0.05) is 30.3 Å². The molecule has 4 aliphatic heterocycles. The number of nitrogens with zero attached hydrogens (tertiary/aromatic N) is 8. The maximum atomic E-state index is 14.9. The number of H-pyrrole nitrogens is 1. The van der Waals surface area contributed by atoms with Crippen molar-refractivity contribution in [2.24, 2.45) is 47.3 Å². The lowest BCUT2D eigenvalue weighted by Gasteiger charge is -2.42. The van der Waals surface area contributed by atoms with Crippen molar-refractivity contribution in [1.29, 1.82) is 0 Å². The van der Waals surface area contributed by atoms with Crippen LogP contribution < -0.4 is 9.47 Å².